The Kier molecular flexibility index (Phi) is 8.08. The summed E-state index contributed by atoms with van der Waals surface area (Å²) in [6.45, 7) is 0.779. The molecule has 0 saturated heterocycles. The number of allylic oxidation sites excluding steroid dienone is 1. The SMILES string of the molecule is CN(C)CC1CCC/C(=C/c2ccc(OC(=O)/C=C/c3ccc(Cl)c(Cl)c3)cc2)C1=O. The molecular formula is C25H25Cl2NO3. The van der Waals surface area contributed by atoms with E-state index in [0.29, 0.717) is 15.8 Å². The predicted molar refractivity (Wildman–Crippen MR) is 126 cm³/mol. The van der Waals surface area contributed by atoms with Crippen LogP contribution >= 0.6 is 23.2 Å². The van der Waals surface area contributed by atoms with E-state index in [-0.39, 0.29) is 11.7 Å². The van der Waals surface area contributed by atoms with Crippen LogP contribution in [0.4, 0.5) is 0 Å². The van der Waals surface area contributed by atoms with Gasteiger partial charge in [0, 0.05) is 18.5 Å². The van der Waals surface area contributed by atoms with Crippen molar-refractivity contribution in [2.75, 3.05) is 20.6 Å². The lowest BCUT2D eigenvalue weighted by Crippen LogP contribution is -2.31. The molecule has 0 spiro atoms. The van der Waals surface area contributed by atoms with Crippen molar-refractivity contribution in [3.05, 3.63) is 75.3 Å². The summed E-state index contributed by atoms with van der Waals surface area (Å²) >= 11 is 11.9. The fourth-order valence-corrected chi connectivity index (χ4v) is 3.88. The summed E-state index contributed by atoms with van der Waals surface area (Å²) in [6, 6.07) is 12.2. The van der Waals surface area contributed by atoms with Gasteiger partial charge in [-0.15, -0.1) is 0 Å². The van der Waals surface area contributed by atoms with Crippen LogP contribution in [0.25, 0.3) is 12.2 Å². The number of rotatable bonds is 6. The lowest BCUT2D eigenvalue weighted by molar-refractivity contribution is -0.129. The average molecular weight is 458 g/mol. The molecule has 1 aliphatic rings. The van der Waals surface area contributed by atoms with E-state index in [1.165, 1.54) is 6.08 Å². The molecule has 0 N–H and O–H groups in total. The number of hydrogen-bond acceptors (Lipinski definition) is 4. The van der Waals surface area contributed by atoms with Gasteiger partial charge < -0.3 is 9.64 Å². The number of benzene rings is 2. The first kappa shape index (κ1) is 23.3. The number of carbonyl (C=O) groups is 2. The Morgan fingerprint density at radius 2 is 1.81 bits per heavy atom. The zero-order valence-electron chi connectivity index (χ0n) is 17.6. The van der Waals surface area contributed by atoms with Crippen LogP contribution in [0.15, 0.2) is 54.1 Å². The van der Waals surface area contributed by atoms with Gasteiger partial charge in [0.15, 0.2) is 5.78 Å². The molecule has 1 atom stereocenters. The largest absolute Gasteiger partial charge is 0.423 e. The summed E-state index contributed by atoms with van der Waals surface area (Å²) in [4.78, 5) is 26.9. The molecule has 1 aliphatic carbocycles. The van der Waals surface area contributed by atoms with E-state index in [9.17, 15) is 9.59 Å². The van der Waals surface area contributed by atoms with E-state index in [1.54, 1.807) is 36.4 Å². The molecule has 2 aromatic carbocycles. The molecule has 0 bridgehead atoms. The van der Waals surface area contributed by atoms with Crippen molar-refractivity contribution < 1.29 is 14.3 Å². The molecule has 162 valence electrons. The lowest BCUT2D eigenvalue weighted by atomic mass is 9.83. The number of nitrogens with zero attached hydrogens (tertiary/aromatic N) is 1. The third-order valence-corrected chi connectivity index (χ3v) is 5.81. The quantitative estimate of drug-likeness (QED) is 0.306. The monoisotopic (exact) mass is 457 g/mol. The van der Waals surface area contributed by atoms with Crippen LogP contribution in [0.5, 0.6) is 5.75 Å². The van der Waals surface area contributed by atoms with Crippen molar-refractivity contribution in [2.24, 2.45) is 5.92 Å². The molecule has 4 nitrogen and oxygen atoms in total. The summed E-state index contributed by atoms with van der Waals surface area (Å²) in [5, 5.41) is 0.881. The Morgan fingerprint density at radius 3 is 2.48 bits per heavy atom. The summed E-state index contributed by atoms with van der Waals surface area (Å²) < 4.78 is 5.34. The van der Waals surface area contributed by atoms with E-state index in [1.807, 2.05) is 32.3 Å². The zero-order valence-corrected chi connectivity index (χ0v) is 19.1. The molecule has 31 heavy (non-hydrogen) atoms. The standard InChI is InChI=1S/C25H25Cl2NO3/c1-28(2)16-20-5-3-4-19(25(20)30)14-17-6-10-21(11-7-17)31-24(29)13-9-18-8-12-22(26)23(27)15-18/h6-15,20H,3-5,16H2,1-2H3/b13-9+,19-14-. The third kappa shape index (κ3) is 6.79. The fraction of sp³-hybridized carbons (Fsp3) is 0.280. The van der Waals surface area contributed by atoms with Crippen molar-refractivity contribution in [2.45, 2.75) is 19.3 Å². The van der Waals surface area contributed by atoms with E-state index >= 15 is 0 Å². The molecule has 0 heterocycles. The molecule has 1 saturated carbocycles. The molecule has 3 rings (SSSR count). The summed E-state index contributed by atoms with van der Waals surface area (Å²) in [6.07, 6.45) is 7.66. The number of ketones is 1. The molecule has 2 aromatic rings. The zero-order chi connectivity index (χ0) is 22.4. The molecule has 6 heteroatoms. The van der Waals surface area contributed by atoms with Gasteiger partial charge in [0.25, 0.3) is 0 Å². The highest BCUT2D eigenvalue weighted by atomic mass is 35.5. The van der Waals surface area contributed by atoms with Gasteiger partial charge in [-0.25, -0.2) is 4.79 Å². The van der Waals surface area contributed by atoms with Gasteiger partial charge in [-0.05, 0) is 86.5 Å². The Labute approximate surface area is 193 Å². The van der Waals surface area contributed by atoms with Crippen LogP contribution in [-0.2, 0) is 9.59 Å². The first-order chi connectivity index (χ1) is 14.8. The minimum atomic E-state index is -0.494. The molecule has 1 fully saturated rings. The van der Waals surface area contributed by atoms with Crippen molar-refractivity contribution in [1.29, 1.82) is 0 Å². The van der Waals surface area contributed by atoms with Gasteiger partial charge in [0.1, 0.15) is 5.75 Å². The Bertz CT molecular complexity index is 1010. The fourth-order valence-electron chi connectivity index (χ4n) is 3.58. The van der Waals surface area contributed by atoms with Crippen LogP contribution in [0, 0.1) is 5.92 Å². The second kappa shape index (κ2) is 10.8. The molecule has 1 unspecified atom stereocenters. The normalized spacial score (nSPS) is 18.2. The van der Waals surface area contributed by atoms with E-state index < -0.39 is 5.97 Å². The second-order valence-electron chi connectivity index (χ2n) is 7.88. The molecule has 0 radical (unpaired) electrons. The first-order valence-corrected chi connectivity index (χ1v) is 10.9. The van der Waals surface area contributed by atoms with Crippen molar-refractivity contribution in [3.63, 3.8) is 0 Å². The van der Waals surface area contributed by atoms with Crippen molar-refractivity contribution in [3.8, 4) is 5.75 Å². The van der Waals surface area contributed by atoms with Crippen LogP contribution in [-0.4, -0.2) is 37.3 Å². The molecule has 0 aromatic heterocycles. The Balaban J connectivity index is 1.61. The Morgan fingerprint density at radius 1 is 1.10 bits per heavy atom. The number of Topliss-reactive ketones (excluding diaryl/α,β-unsaturated/α-hetero) is 1. The van der Waals surface area contributed by atoms with Crippen LogP contribution in [0.2, 0.25) is 10.0 Å². The van der Waals surface area contributed by atoms with E-state index in [0.717, 1.165) is 42.5 Å². The average Bonchev–Trinajstić information content (AvgIpc) is 2.73. The van der Waals surface area contributed by atoms with Crippen molar-refractivity contribution >= 4 is 47.1 Å². The second-order valence-corrected chi connectivity index (χ2v) is 8.70. The van der Waals surface area contributed by atoms with Crippen LogP contribution in [0.3, 0.4) is 0 Å². The summed E-state index contributed by atoms with van der Waals surface area (Å²) in [5.74, 6) is 0.248. The number of hydrogen-bond donors (Lipinski definition) is 0. The Hall–Kier alpha value is -2.40. The lowest BCUT2D eigenvalue weighted by Gasteiger charge is -2.25. The number of carbonyl (C=O) groups excluding carboxylic acids is 2. The molecular weight excluding hydrogens is 433 g/mol. The van der Waals surface area contributed by atoms with E-state index in [4.69, 9.17) is 27.9 Å². The summed E-state index contributed by atoms with van der Waals surface area (Å²) in [5.41, 5.74) is 2.53. The maximum Gasteiger partial charge on any atom is 0.336 e. The predicted octanol–water partition coefficient (Wildman–Crippen LogP) is 5.93. The third-order valence-electron chi connectivity index (χ3n) is 5.07. The van der Waals surface area contributed by atoms with Gasteiger partial charge in [-0.1, -0.05) is 41.4 Å². The highest BCUT2D eigenvalue weighted by Crippen LogP contribution is 2.28. The molecule has 0 aliphatic heterocycles. The van der Waals surface area contributed by atoms with Gasteiger partial charge in [0.05, 0.1) is 10.0 Å². The minimum absolute atomic E-state index is 0.0672. The highest BCUT2D eigenvalue weighted by molar-refractivity contribution is 6.42. The number of ether oxygens (including phenoxy) is 1. The van der Waals surface area contributed by atoms with Gasteiger partial charge in [-0.2, -0.15) is 0 Å². The minimum Gasteiger partial charge on any atom is -0.423 e. The highest BCUT2D eigenvalue weighted by Gasteiger charge is 2.26. The van der Waals surface area contributed by atoms with Crippen LogP contribution in [0.1, 0.15) is 30.4 Å². The first-order valence-electron chi connectivity index (χ1n) is 10.2. The maximum absolute atomic E-state index is 12.7. The number of esters is 1. The van der Waals surface area contributed by atoms with Crippen LogP contribution < -0.4 is 4.74 Å². The van der Waals surface area contributed by atoms with E-state index in [2.05, 4.69) is 4.90 Å². The van der Waals surface area contributed by atoms with Crippen molar-refractivity contribution in [1.82, 2.24) is 4.90 Å². The van der Waals surface area contributed by atoms with Gasteiger partial charge >= 0.3 is 5.97 Å². The maximum atomic E-state index is 12.7. The topological polar surface area (TPSA) is 46.6 Å². The number of halogens is 2. The smallest absolute Gasteiger partial charge is 0.336 e. The summed E-state index contributed by atoms with van der Waals surface area (Å²) in [7, 11) is 3.98. The van der Waals surface area contributed by atoms with Gasteiger partial charge in [0.2, 0.25) is 0 Å². The molecule has 0 amide bonds. The van der Waals surface area contributed by atoms with Gasteiger partial charge in [-0.3, -0.25) is 4.79 Å².